The fourth-order valence-electron chi connectivity index (χ4n) is 3.07. The highest BCUT2D eigenvalue weighted by molar-refractivity contribution is 6.03. The molecule has 1 heterocycles. The molecule has 6 nitrogen and oxygen atoms in total. The van der Waals surface area contributed by atoms with E-state index in [0.717, 1.165) is 29.8 Å². The van der Waals surface area contributed by atoms with Crippen molar-refractivity contribution in [2.45, 2.75) is 25.2 Å². The van der Waals surface area contributed by atoms with Gasteiger partial charge in [-0.05, 0) is 60.7 Å². The molecule has 0 saturated heterocycles. The van der Waals surface area contributed by atoms with E-state index in [0.29, 0.717) is 17.2 Å². The minimum Gasteiger partial charge on any atom is -0.488 e. The van der Waals surface area contributed by atoms with Gasteiger partial charge in [-0.1, -0.05) is 6.07 Å². The quantitative estimate of drug-likeness (QED) is 0.547. The van der Waals surface area contributed by atoms with Crippen molar-refractivity contribution in [3.05, 3.63) is 72.1 Å². The van der Waals surface area contributed by atoms with Gasteiger partial charge in [0.15, 0.2) is 0 Å². The normalized spacial score (nSPS) is 13.2. The first-order valence-electron chi connectivity index (χ1n) is 9.59. The molecular formula is C22H20F2N4O2. The maximum atomic E-state index is 12.6. The van der Waals surface area contributed by atoms with Crippen LogP contribution in [0.25, 0.3) is 0 Å². The van der Waals surface area contributed by atoms with E-state index in [2.05, 4.69) is 20.6 Å². The number of nitrogens with one attached hydrogen (secondary N) is 2. The number of benzene rings is 2. The van der Waals surface area contributed by atoms with Crippen molar-refractivity contribution < 1.29 is 18.3 Å². The molecule has 8 heteroatoms. The fourth-order valence-corrected chi connectivity index (χ4v) is 3.07. The molecule has 1 saturated carbocycles. The Labute approximate surface area is 172 Å². The molecule has 0 spiro atoms. The van der Waals surface area contributed by atoms with Gasteiger partial charge in [-0.3, -0.25) is 10.1 Å². The maximum absolute atomic E-state index is 12.6. The molecule has 0 bridgehead atoms. The van der Waals surface area contributed by atoms with E-state index in [-0.39, 0.29) is 11.9 Å². The molecule has 30 heavy (non-hydrogen) atoms. The van der Waals surface area contributed by atoms with Crippen LogP contribution in [0.2, 0.25) is 0 Å². The number of ether oxygens (including phenoxy) is 1. The molecule has 0 radical (unpaired) electrons. The van der Waals surface area contributed by atoms with Crippen LogP contribution in [0.5, 0.6) is 5.75 Å². The average molecular weight is 410 g/mol. The van der Waals surface area contributed by atoms with Gasteiger partial charge >= 0.3 is 0 Å². The van der Waals surface area contributed by atoms with E-state index in [9.17, 15) is 13.6 Å². The topological polar surface area (TPSA) is 76.1 Å². The fraction of sp³-hybridized carbons (Fsp3) is 0.227. The van der Waals surface area contributed by atoms with E-state index in [1.165, 1.54) is 0 Å². The van der Waals surface area contributed by atoms with E-state index in [1.807, 2.05) is 18.2 Å². The lowest BCUT2D eigenvalue weighted by Crippen LogP contribution is -2.14. The number of carbonyl (C=O) groups excluding carboxylic acids is 1. The van der Waals surface area contributed by atoms with Crippen molar-refractivity contribution in [1.29, 1.82) is 0 Å². The Morgan fingerprint density at radius 1 is 1.10 bits per heavy atom. The smallest absolute Gasteiger partial charge is 0.272 e. The Morgan fingerprint density at radius 2 is 1.90 bits per heavy atom. The van der Waals surface area contributed by atoms with E-state index in [1.54, 1.807) is 42.7 Å². The van der Waals surface area contributed by atoms with Gasteiger partial charge in [-0.15, -0.1) is 0 Å². The van der Waals surface area contributed by atoms with Crippen molar-refractivity contribution >= 4 is 23.2 Å². The highest BCUT2D eigenvalue weighted by Gasteiger charge is 2.27. The predicted molar refractivity (Wildman–Crippen MR) is 110 cm³/mol. The second kappa shape index (κ2) is 8.86. The number of halogens is 2. The van der Waals surface area contributed by atoms with Crippen LogP contribution in [0, 0.1) is 0 Å². The second-order valence-electron chi connectivity index (χ2n) is 6.96. The third-order valence-corrected chi connectivity index (χ3v) is 4.61. The van der Waals surface area contributed by atoms with Gasteiger partial charge in [-0.25, -0.2) is 18.7 Å². The van der Waals surface area contributed by atoms with E-state index in [4.69, 9.17) is 4.74 Å². The van der Waals surface area contributed by atoms with Crippen LogP contribution in [-0.4, -0.2) is 28.9 Å². The van der Waals surface area contributed by atoms with Gasteiger partial charge in [0.05, 0.1) is 0 Å². The standard InChI is InChI=1S/C22H20F2N4O2/c23-20(24)13-30-17-4-1-3-16(12-17)27-19-8-7-15(11-18(19)14-5-6-14)21(29)28-22-25-9-2-10-26-22/h1-4,7-12,14,20,27H,5-6,13H2,(H,25,26,28,29). The molecule has 1 aromatic heterocycles. The number of hydrogen-bond donors (Lipinski definition) is 2. The summed E-state index contributed by atoms with van der Waals surface area (Å²) < 4.78 is 29.8. The first-order chi connectivity index (χ1) is 14.6. The van der Waals surface area contributed by atoms with Crippen molar-refractivity contribution in [3.8, 4) is 5.75 Å². The van der Waals surface area contributed by atoms with Crippen molar-refractivity contribution in [2.24, 2.45) is 0 Å². The molecule has 4 rings (SSSR count). The number of hydrogen-bond acceptors (Lipinski definition) is 5. The zero-order chi connectivity index (χ0) is 20.9. The van der Waals surface area contributed by atoms with E-state index < -0.39 is 13.0 Å². The number of rotatable bonds is 8. The second-order valence-corrected chi connectivity index (χ2v) is 6.96. The summed E-state index contributed by atoms with van der Waals surface area (Å²) in [5, 5.41) is 6.00. The van der Waals surface area contributed by atoms with Gasteiger partial charge in [0.1, 0.15) is 12.4 Å². The van der Waals surface area contributed by atoms with Crippen LogP contribution >= 0.6 is 0 Å². The third kappa shape index (κ3) is 5.08. The lowest BCUT2D eigenvalue weighted by molar-refractivity contribution is 0.0819. The van der Waals surface area contributed by atoms with Gasteiger partial charge in [-0.2, -0.15) is 0 Å². The molecule has 154 valence electrons. The van der Waals surface area contributed by atoms with Crippen LogP contribution in [0.3, 0.4) is 0 Å². The van der Waals surface area contributed by atoms with Crippen LogP contribution in [-0.2, 0) is 0 Å². The summed E-state index contributed by atoms with van der Waals surface area (Å²) in [7, 11) is 0. The Morgan fingerprint density at radius 3 is 2.63 bits per heavy atom. The molecule has 0 atom stereocenters. The summed E-state index contributed by atoms with van der Waals surface area (Å²) in [4.78, 5) is 20.6. The lowest BCUT2D eigenvalue weighted by atomic mass is 10.0. The molecule has 1 fully saturated rings. The minimum atomic E-state index is -2.52. The summed E-state index contributed by atoms with van der Waals surface area (Å²) in [5.74, 6) is 0.717. The van der Waals surface area contributed by atoms with Gasteiger partial charge in [0.25, 0.3) is 12.3 Å². The first-order valence-corrected chi connectivity index (χ1v) is 9.59. The average Bonchev–Trinajstić information content (AvgIpc) is 3.59. The number of nitrogens with zero attached hydrogens (tertiary/aromatic N) is 2. The highest BCUT2D eigenvalue weighted by Crippen LogP contribution is 2.44. The molecule has 3 aromatic rings. The van der Waals surface area contributed by atoms with Gasteiger partial charge in [0.2, 0.25) is 5.95 Å². The monoisotopic (exact) mass is 410 g/mol. The third-order valence-electron chi connectivity index (χ3n) is 4.61. The lowest BCUT2D eigenvalue weighted by Gasteiger charge is -2.14. The molecule has 1 aliphatic carbocycles. The Balaban J connectivity index is 1.52. The minimum absolute atomic E-state index is 0.248. The molecule has 2 N–H and O–H groups in total. The molecule has 1 amide bonds. The Bertz CT molecular complexity index is 1030. The summed E-state index contributed by atoms with van der Waals surface area (Å²) in [6.07, 6.45) is 2.70. The zero-order valence-electron chi connectivity index (χ0n) is 16.0. The number of anilines is 3. The molecular weight excluding hydrogens is 390 g/mol. The maximum Gasteiger partial charge on any atom is 0.272 e. The SMILES string of the molecule is O=C(Nc1ncccn1)c1ccc(Nc2cccc(OCC(F)F)c2)c(C2CC2)c1. The van der Waals surface area contributed by atoms with Crippen LogP contribution in [0.15, 0.2) is 60.9 Å². The number of carbonyl (C=O) groups is 1. The molecule has 1 aliphatic rings. The molecule has 2 aromatic carbocycles. The Hall–Kier alpha value is -3.55. The summed E-state index contributed by atoms with van der Waals surface area (Å²) in [6.45, 7) is -0.647. The summed E-state index contributed by atoms with van der Waals surface area (Å²) in [6, 6.07) is 14.0. The Kier molecular flexibility index (Phi) is 5.83. The highest BCUT2D eigenvalue weighted by atomic mass is 19.3. The number of alkyl halides is 2. The first kappa shape index (κ1) is 19.8. The van der Waals surface area contributed by atoms with Gasteiger partial charge in [0, 0.05) is 35.4 Å². The van der Waals surface area contributed by atoms with Crippen molar-refractivity contribution in [3.63, 3.8) is 0 Å². The summed E-state index contributed by atoms with van der Waals surface area (Å²) in [5.41, 5.74) is 3.15. The summed E-state index contributed by atoms with van der Waals surface area (Å²) >= 11 is 0. The van der Waals surface area contributed by atoms with Crippen LogP contribution in [0.1, 0.15) is 34.7 Å². The molecule has 0 aliphatic heterocycles. The van der Waals surface area contributed by atoms with Crippen LogP contribution in [0.4, 0.5) is 26.1 Å². The number of aromatic nitrogens is 2. The number of amides is 1. The molecule has 0 unspecified atom stereocenters. The van der Waals surface area contributed by atoms with Crippen molar-refractivity contribution in [2.75, 3.05) is 17.2 Å². The largest absolute Gasteiger partial charge is 0.488 e. The predicted octanol–water partition coefficient (Wildman–Crippen LogP) is 4.99. The van der Waals surface area contributed by atoms with E-state index >= 15 is 0 Å². The van der Waals surface area contributed by atoms with Crippen LogP contribution < -0.4 is 15.4 Å². The van der Waals surface area contributed by atoms with Gasteiger partial charge < -0.3 is 10.1 Å². The zero-order valence-corrected chi connectivity index (χ0v) is 16.0. The van der Waals surface area contributed by atoms with Crippen molar-refractivity contribution in [1.82, 2.24) is 9.97 Å².